The van der Waals surface area contributed by atoms with Gasteiger partial charge in [0.2, 0.25) is 0 Å². The van der Waals surface area contributed by atoms with Crippen LogP contribution in [0.5, 0.6) is 0 Å². The molecule has 0 saturated carbocycles. The highest BCUT2D eigenvalue weighted by atomic mass is 32.1. The lowest BCUT2D eigenvalue weighted by atomic mass is 9.95. The van der Waals surface area contributed by atoms with E-state index in [1.807, 2.05) is 6.07 Å². The standard InChI is InChI=1S/C17H17N3OS/c1-2-4-12(5-3-1)15-13(6-8-21-15)10-18-16-14-7-9-22-17(14)20-11-19-16/h1-5,7,9,11,13,15H,6,8,10H2,(H,18,19,20). The number of aromatic nitrogens is 2. The number of rotatable bonds is 4. The zero-order chi connectivity index (χ0) is 14.8. The van der Waals surface area contributed by atoms with E-state index in [0.29, 0.717) is 5.92 Å². The summed E-state index contributed by atoms with van der Waals surface area (Å²) in [5.74, 6) is 1.39. The van der Waals surface area contributed by atoms with Crippen LogP contribution in [-0.2, 0) is 4.74 Å². The van der Waals surface area contributed by atoms with Gasteiger partial charge < -0.3 is 10.1 Å². The molecule has 112 valence electrons. The van der Waals surface area contributed by atoms with Gasteiger partial charge in [0.1, 0.15) is 17.0 Å². The summed E-state index contributed by atoms with van der Waals surface area (Å²) >= 11 is 1.64. The molecule has 3 aromatic rings. The van der Waals surface area contributed by atoms with Gasteiger partial charge in [0.25, 0.3) is 0 Å². The van der Waals surface area contributed by atoms with Crippen LogP contribution in [0.25, 0.3) is 10.2 Å². The van der Waals surface area contributed by atoms with Crippen molar-refractivity contribution < 1.29 is 4.74 Å². The van der Waals surface area contributed by atoms with Gasteiger partial charge in [-0.05, 0) is 23.4 Å². The number of benzene rings is 1. The Hall–Kier alpha value is -1.98. The van der Waals surface area contributed by atoms with Crippen LogP contribution in [0.15, 0.2) is 48.1 Å². The smallest absolute Gasteiger partial charge is 0.138 e. The predicted octanol–water partition coefficient (Wildman–Crippen LogP) is 3.88. The zero-order valence-corrected chi connectivity index (χ0v) is 12.9. The highest BCUT2D eigenvalue weighted by Gasteiger charge is 2.29. The Morgan fingerprint density at radius 1 is 1.18 bits per heavy atom. The molecule has 1 fully saturated rings. The maximum Gasteiger partial charge on any atom is 0.138 e. The fourth-order valence-electron chi connectivity index (χ4n) is 3.01. The molecule has 0 amide bonds. The maximum atomic E-state index is 5.94. The Bertz CT molecular complexity index is 759. The molecule has 22 heavy (non-hydrogen) atoms. The molecule has 4 rings (SSSR count). The van der Waals surface area contributed by atoms with E-state index in [2.05, 4.69) is 51.0 Å². The average molecular weight is 311 g/mol. The number of hydrogen-bond donors (Lipinski definition) is 1. The largest absolute Gasteiger partial charge is 0.373 e. The first-order valence-electron chi connectivity index (χ1n) is 7.50. The molecular formula is C17H17N3OS. The molecule has 1 aliphatic rings. The van der Waals surface area contributed by atoms with Crippen LogP contribution in [0.4, 0.5) is 5.82 Å². The topological polar surface area (TPSA) is 47.0 Å². The van der Waals surface area contributed by atoms with E-state index in [-0.39, 0.29) is 6.10 Å². The molecule has 0 radical (unpaired) electrons. The van der Waals surface area contributed by atoms with E-state index < -0.39 is 0 Å². The zero-order valence-electron chi connectivity index (χ0n) is 12.1. The van der Waals surface area contributed by atoms with Crippen LogP contribution in [0.2, 0.25) is 0 Å². The molecule has 0 aliphatic carbocycles. The van der Waals surface area contributed by atoms with Crippen molar-refractivity contribution in [3.05, 3.63) is 53.7 Å². The lowest BCUT2D eigenvalue weighted by Crippen LogP contribution is -2.18. The molecule has 1 aromatic carbocycles. The summed E-state index contributed by atoms with van der Waals surface area (Å²) in [4.78, 5) is 9.70. The van der Waals surface area contributed by atoms with Crippen LogP contribution >= 0.6 is 11.3 Å². The minimum atomic E-state index is 0.175. The molecule has 4 nitrogen and oxygen atoms in total. The lowest BCUT2D eigenvalue weighted by molar-refractivity contribution is 0.0933. The van der Waals surface area contributed by atoms with Gasteiger partial charge in [0.15, 0.2) is 0 Å². The molecule has 2 atom stereocenters. The second-order valence-corrected chi connectivity index (χ2v) is 6.39. The fraction of sp³-hybridized carbons (Fsp3) is 0.294. The van der Waals surface area contributed by atoms with Crippen LogP contribution in [-0.4, -0.2) is 23.1 Å². The summed E-state index contributed by atoms with van der Waals surface area (Å²) in [6, 6.07) is 12.5. The molecule has 2 aromatic heterocycles. The summed E-state index contributed by atoms with van der Waals surface area (Å²) in [6.45, 7) is 1.69. The Morgan fingerprint density at radius 3 is 3.00 bits per heavy atom. The monoisotopic (exact) mass is 311 g/mol. The second kappa shape index (κ2) is 6.02. The van der Waals surface area contributed by atoms with Crippen molar-refractivity contribution in [2.24, 2.45) is 5.92 Å². The minimum absolute atomic E-state index is 0.175. The van der Waals surface area contributed by atoms with Gasteiger partial charge in [0, 0.05) is 19.1 Å². The molecule has 1 saturated heterocycles. The Labute approximate surface area is 133 Å². The van der Waals surface area contributed by atoms with Crippen molar-refractivity contribution in [3.8, 4) is 0 Å². The molecule has 2 unspecified atom stereocenters. The average Bonchev–Trinajstić information content (AvgIpc) is 3.23. The Balaban J connectivity index is 1.50. The first-order chi connectivity index (χ1) is 10.9. The maximum absolute atomic E-state index is 5.94. The molecule has 5 heteroatoms. The molecule has 1 aliphatic heterocycles. The summed E-state index contributed by atoms with van der Waals surface area (Å²) < 4.78 is 5.94. The minimum Gasteiger partial charge on any atom is -0.373 e. The van der Waals surface area contributed by atoms with Gasteiger partial charge in [-0.1, -0.05) is 30.3 Å². The molecule has 0 bridgehead atoms. The van der Waals surface area contributed by atoms with E-state index in [1.165, 1.54) is 5.56 Å². The summed E-state index contributed by atoms with van der Waals surface area (Å²) in [5, 5.41) is 6.64. The van der Waals surface area contributed by atoms with Crippen molar-refractivity contribution in [2.75, 3.05) is 18.5 Å². The van der Waals surface area contributed by atoms with Crippen molar-refractivity contribution in [1.82, 2.24) is 9.97 Å². The first kappa shape index (κ1) is 13.7. The van der Waals surface area contributed by atoms with Crippen molar-refractivity contribution in [3.63, 3.8) is 0 Å². The second-order valence-electron chi connectivity index (χ2n) is 5.49. The molecular weight excluding hydrogens is 294 g/mol. The van der Waals surface area contributed by atoms with Crippen LogP contribution in [0.1, 0.15) is 18.1 Å². The van der Waals surface area contributed by atoms with E-state index in [0.717, 1.165) is 35.6 Å². The van der Waals surface area contributed by atoms with E-state index in [4.69, 9.17) is 4.74 Å². The number of nitrogens with one attached hydrogen (secondary N) is 1. The number of ether oxygens (including phenoxy) is 1. The highest BCUT2D eigenvalue weighted by Crippen LogP contribution is 2.35. The van der Waals surface area contributed by atoms with Gasteiger partial charge in [-0.25, -0.2) is 9.97 Å². The van der Waals surface area contributed by atoms with Gasteiger partial charge in [0.05, 0.1) is 11.5 Å². The Kier molecular flexibility index (Phi) is 3.74. The van der Waals surface area contributed by atoms with E-state index in [9.17, 15) is 0 Å². The molecule has 0 spiro atoms. The number of fused-ring (bicyclic) bond motifs is 1. The van der Waals surface area contributed by atoms with Crippen LogP contribution < -0.4 is 5.32 Å². The van der Waals surface area contributed by atoms with E-state index in [1.54, 1.807) is 17.7 Å². The van der Waals surface area contributed by atoms with Crippen molar-refractivity contribution in [2.45, 2.75) is 12.5 Å². The number of anilines is 1. The molecule has 1 N–H and O–H groups in total. The van der Waals surface area contributed by atoms with Gasteiger partial charge in [-0.2, -0.15) is 0 Å². The third-order valence-electron chi connectivity index (χ3n) is 4.14. The SMILES string of the molecule is c1ccc(C2OCCC2CNc2ncnc3sccc23)cc1. The number of thiophene rings is 1. The third-order valence-corrected chi connectivity index (χ3v) is 4.96. The van der Waals surface area contributed by atoms with Gasteiger partial charge in [-0.3, -0.25) is 0 Å². The van der Waals surface area contributed by atoms with Gasteiger partial charge in [-0.15, -0.1) is 11.3 Å². The normalized spacial score (nSPS) is 21.3. The molecule has 3 heterocycles. The number of nitrogens with zero attached hydrogens (tertiary/aromatic N) is 2. The van der Waals surface area contributed by atoms with E-state index >= 15 is 0 Å². The van der Waals surface area contributed by atoms with Crippen molar-refractivity contribution >= 4 is 27.4 Å². The fourth-order valence-corrected chi connectivity index (χ4v) is 3.75. The predicted molar refractivity (Wildman–Crippen MR) is 89.1 cm³/mol. The Morgan fingerprint density at radius 2 is 2.09 bits per heavy atom. The first-order valence-corrected chi connectivity index (χ1v) is 8.38. The number of hydrogen-bond acceptors (Lipinski definition) is 5. The quantitative estimate of drug-likeness (QED) is 0.794. The highest BCUT2D eigenvalue weighted by molar-refractivity contribution is 7.16. The van der Waals surface area contributed by atoms with Crippen molar-refractivity contribution in [1.29, 1.82) is 0 Å². The van der Waals surface area contributed by atoms with Gasteiger partial charge >= 0.3 is 0 Å². The lowest BCUT2D eigenvalue weighted by Gasteiger charge is -2.19. The van der Waals surface area contributed by atoms with Crippen LogP contribution in [0.3, 0.4) is 0 Å². The summed E-state index contributed by atoms with van der Waals surface area (Å²) in [7, 11) is 0. The summed E-state index contributed by atoms with van der Waals surface area (Å²) in [5.41, 5.74) is 1.26. The third kappa shape index (κ3) is 2.58. The summed E-state index contributed by atoms with van der Waals surface area (Å²) in [6.07, 6.45) is 2.87. The van der Waals surface area contributed by atoms with Crippen LogP contribution in [0, 0.1) is 5.92 Å².